The molecule has 1 N–H and O–H groups in total. The zero-order chi connectivity index (χ0) is 17.4. The lowest BCUT2D eigenvalue weighted by Gasteiger charge is -2.13. The minimum atomic E-state index is -0.654. The van der Waals surface area contributed by atoms with E-state index < -0.39 is 6.10 Å². The molecule has 24 heavy (non-hydrogen) atoms. The normalized spacial score (nSPS) is 12.1. The van der Waals surface area contributed by atoms with E-state index in [0.717, 1.165) is 16.5 Å². The van der Waals surface area contributed by atoms with Crippen molar-refractivity contribution in [3.63, 3.8) is 0 Å². The molecule has 0 bridgehead atoms. The third-order valence-corrected chi connectivity index (χ3v) is 4.08. The van der Waals surface area contributed by atoms with Gasteiger partial charge in [0.2, 0.25) is 0 Å². The summed E-state index contributed by atoms with van der Waals surface area (Å²) in [5, 5.41) is 20.3. The molecule has 1 unspecified atom stereocenters. The van der Waals surface area contributed by atoms with Crippen LogP contribution in [-0.4, -0.2) is 14.7 Å². The van der Waals surface area contributed by atoms with Crippen molar-refractivity contribution >= 4 is 10.9 Å². The van der Waals surface area contributed by atoms with E-state index in [1.807, 2.05) is 25.1 Å². The Bertz CT molecular complexity index is 1040. The van der Waals surface area contributed by atoms with Crippen molar-refractivity contribution in [2.75, 3.05) is 0 Å². The summed E-state index contributed by atoms with van der Waals surface area (Å²) in [5.41, 5.74) is 3.72. The van der Waals surface area contributed by atoms with Gasteiger partial charge in [0, 0.05) is 30.3 Å². The smallest absolute Gasteiger partial charge is 0.250 e. The third kappa shape index (κ3) is 2.68. The quantitative estimate of drug-likeness (QED) is 0.788. The number of aliphatic hydroxyl groups is 1. The second-order valence-electron chi connectivity index (χ2n) is 5.96. The monoisotopic (exact) mass is 319 g/mol. The number of nitrogens with zero attached hydrogens (tertiary/aromatic N) is 3. The molecule has 3 rings (SSSR count). The molecule has 5 nitrogen and oxygen atoms in total. The maximum atomic E-state index is 11.9. The SMILES string of the molecule is Cc1cc(C(C)O)c2cc(-c3ccn(C)c(=O)c3)c(C#N)nc2c1. The van der Waals surface area contributed by atoms with Crippen LogP contribution in [0.2, 0.25) is 0 Å². The molecule has 1 atom stereocenters. The van der Waals surface area contributed by atoms with Gasteiger partial charge < -0.3 is 9.67 Å². The molecule has 0 aliphatic heterocycles. The van der Waals surface area contributed by atoms with E-state index in [-0.39, 0.29) is 11.3 Å². The number of hydrogen-bond donors (Lipinski definition) is 1. The maximum absolute atomic E-state index is 11.9. The number of benzene rings is 1. The summed E-state index contributed by atoms with van der Waals surface area (Å²) < 4.78 is 1.47. The van der Waals surface area contributed by atoms with Gasteiger partial charge >= 0.3 is 0 Å². The molecule has 0 fully saturated rings. The fraction of sp³-hybridized carbons (Fsp3) is 0.211. The molecule has 2 heterocycles. The van der Waals surface area contributed by atoms with Crippen LogP contribution in [0, 0.1) is 18.3 Å². The van der Waals surface area contributed by atoms with E-state index in [2.05, 4.69) is 11.1 Å². The number of hydrogen-bond acceptors (Lipinski definition) is 4. The summed E-state index contributed by atoms with van der Waals surface area (Å²) in [6.07, 6.45) is 1.01. The molecule has 3 aromatic rings. The first-order valence-electron chi connectivity index (χ1n) is 7.61. The van der Waals surface area contributed by atoms with Gasteiger partial charge in [0.05, 0.1) is 11.6 Å². The van der Waals surface area contributed by atoms with Gasteiger partial charge in [-0.1, -0.05) is 6.07 Å². The zero-order valence-electron chi connectivity index (χ0n) is 13.7. The van der Waals surface area contributed by atoms with Crippen molar-refractivity contribution in [2.45, 2.75) is 20.0 Å². The molecular formula is C19H17N3O2. The lowest BCUT2D eigenvalue weighted by Crippen LogP contribution is -2.14. The number of fused-ring (bicyclic) bond motifs is 1. The molecule has 0 amide bonds. The lowest BCUT2D eigenvalue weighted by molar-refractivity contribution is 0.201. The maximum Gasteiger partial charge on any atom is 0.250 e. The third-order valence-electron chi connectivity index (χ3n) is 4.08. The summed E-state index contributed by atoms with van der Waals surface area (Å²) in [7, 11) is 1.67. The molecule has 0 saturated carbocycles. The van der Waals surface area contributed by atoms with Crippen LogP contribution in [0.4, 0.5) is 0 Å². The summed E-state index contributed by atoms with van der Waals surface area (Å²) in [5.74, 6) is 0. The molecule has 0 radical (unpaired) electrons. The van der Waals surface area contributed by atoms with E-state index in [0.29, 0.717) is 16.6 Å². The van der Waals surface area contributed by atoms with E-state index >= 15 is 0 Å². The topological polar surface area (TPSA) is 78.9 Å². The summed E-state index contributed by atoms with van der Waals surface area (Å²) >= 11 is 0. The van der Waals surface area contributed by atoms with Crippen LogP contribution in [0.25, 0.3) is 22.0 Å². The van der Waals surface area contributed by atoms with Crippen molar-refractivity contribution < 1.29 is 5.11 Å². The zero-order valence-corrected chi connectivity index (χ0v) is 13.7. The van der Waals surface area contributed by atoms with Gasteiger partial charge in [-0.05, 0) is 48.7 Å². The highest BCUT2D eigenvalue weighted by atomic mass is 16.3. The molecule has 0 aliphatic carbocycles. The Hall–Kier alpha value is -2.97. The molecular weight excluding hydrogens is 302 g/mol. The van der Waals surface area contributed by atoms with Gasteiger partial charge in [-0.25, -0.2) is 4.98 Å². The van der Waals surface area contributed by atoms with Gasteiger partial charge in [0.25, 0.3) is 5.56 Å². The van der Waals surface area contributed by atoms with E-state index in [9.17, 15) is 15.2 Å². The average molecular weight is 319 g/mol. The van der Waals surface area contributed by atoms with Crippen LogP contribution >= 0.6 is 0 Å². The summed E-state index contributed by atoms with van der Waals surface area (Å²) in [4.78, 5) is 16.4. The fourth-order valence-electron chi connectivity index (χ4n) is 2.82. The largest absolute Gasteiger partial charge is 0.389 e. The van der Waals surface area contributed by atoms with Gasteiger partial charge in [0.15, 0.2) is 0 Å². The summed E-state index contributed by atoms with van der Waals surface area (Å²) in [6, 6.07) is 11.0. The second kappa shape index (κ2) is 5.91. The van der Waals surface area contributed by atoms with Crippen LogP contribution in [0.15, 0.2) is 41.3 Å². The minimum Gasteiger partial charge on any atom is -0.389 e. The van der Waals surface area contributed by atoms with Crippen molar-refractivity contribution in [3.05, 3.63) is 63.7 Å². The molecule has 5 heteroatoms. The molecule has 2 aromatic heterocycles. The summed E-state index contributed by atoms with van der Waals surface area (Å²) in [6.45, 7) is 3.62. The second-order valence-corrected chi connectivity index (χ2v) is 5.96. The van der Waals surface area contributed by atoms with Gasteiger partial charge in [-0.15, -0.1) is 0 Å². The number of aromatic nitrogens is 2. The van der Waals surface area contributed by atoms with Crippen molar-refractivity contribution in [1.29, 1.82) is 5.26 Å². The Morgan fingerprint density at radius 2 is 2.04 bits per heavy atom. The van der Waals surface area contributed by atoms with Crippen LogP contribution in [0.3, 0.4) is 0 Å². The van der Waals surface area contributed by atoms with Crippen LogP contribution in [-0.2, 0) is 7.05 Å². The van der Waals surface area contributed by atoms with E-state index in [1.54, 1.807) is 26.2 Å². The Kier molecular flexibility index (Phi) is 3.92. The molecule has 0 saturated heterocycles. The van der Waals surface area contributed by atoms with Crippen LogP contribution < -0.4 is 5.56 Å². The average Bonchev–Trinajstić information content (AvgIpc) is 2.55. The number of nitriles is 1. The van der Waals surface area contributed by atoms with Gasteiger partial charge in [-0.3, -0.25) is 4.79 Å². The van der Waals surface area contributed by atoms with Gasteiger partial charge in [-0.2, -0.15) is 5.26 Å². The molecule has 0 aliphatic rings. The first-order chi connectivity index (χ1) is 11.4. The minimum absolute atomic E-state index is 0.156. The molecule has 1 aromatic carbocycles. The Morgan fingerprint density at radius 1 is 1.29 bits per heavy atom. The fourth-order valence-corrected chi connectivity index (χ4v) is 2.82. The number of pyridine rings is 2. The van der Waals surface area contributed by atoms with Crippen molar-refractivity contribution in [2.24, 2.45) is 7.05 Å². The first-order valence-corrected chi connectivity index (χ1v) is 7.61. The number of rotatable bonds is 2. The first kappa shape index (κ1) is 15.9. The van der Waals surface area contributed by atoms with E-state index in [4.69, 9.17) is 0 Å². The number of aliphatic hydroxyl groups excluding tert-OH is 1. The van der Waals surface area contributed by atoms with Crippen LogP contribution in [0.5, 0.6) is 0 Å². The lowest BCUT2D eigenvalue weighted by atomic mass is 9.96. The Balaban J connectivity index is 2.37. The predicted octanol–water partition coefficient (Wildman–Crippen LogP) is 2.83. The Labute approximate surface area is 139 Å². The van der Waals surface area contributed by atoms with Crippen molar-refractivity contribution in [1.82, 2.24) is 9.55 Å². The molecule has 120 valence electrons. The highest BCUT2D eigenvalue weighted by Gasteiger charge is 2.14. The highest BCUT2D eigenvalue weighted by Crippen LogP contribution is 2.30. The standard InChI is InChI=1S/C19H17N3O2/c1-11-6-14(12(2)23)16-9-15(18(10-20)21-17(16)7-11)13-4-5-22(3)19(24)8-13/h4-9,12,23H,1-3H3. The number of aryl methyl sites for hydroxylation is 2. The van der Waals surface area contributed by atoms with Crippen LogP contribution in [0.1, 0.15) is 29.8 Å². The molecule has 0 spiro atoms. The Morgan fingerprint density at radius 3 is 2.67 bits per heavy atom. The van der Waals surface area contributed by atoms with Crippen molar-refractivity contribution in [3.8, 4) is 17.2 Å². The highest BCUT2D eigenvalue weighted by molar-refractivity contribution is 5.89. The van der Waals surface area contributed by atoms with Gasteiger partial charge in [0.1, 0.15) is 11.8 Å². The van der Waals surface area contributed by atoms with E-state index in [1.165, 1.54) is 10.6 Å². The predicted molar refractivity (Wildman–Crippen MR) is 92.5 cm³/mol.